The molecule has 1 rings (SSSR count). The Morgan fingerprint density at radius 1 is 1.58 bits per heavy atom. The number of rotatable bonds is 2. The number of aromatic hydroxyl groups is 1. The predicted molar refractivity (Wildman–Crippen MR) is 49.5 cm³/mol. The third-order valence-corrected chi connectivity index (χ3v) is 1.83. The lowest BCUT2D eigenvalue weighted by atomic mass is 10.1. The van der Waals surface area contributed by atoms with E-state index in [0.717, 1.165) is 12.1 Å². The summed E-state index contributed by atoms with van der Waals surface area (Å²) in [7, 11) is 0. The van der Waals surface area contributed by atoms with Gasteiger partial charge in [-0.05, 0) is 12.3 Å². The lowest BCUT2D eigenvalue weighted by Crippen LogP contribution is -1.97. The molecule has 0 aliphatic heterocycles. The van der Waals surface area contributed by atoms with Crippen LogP contribution in [0.3, 0.4) is 0 Å². The fraction of sp³-hybridized carbons (Fsp3) is 0.444. The standard InChI is InChI=1S/C9H12ClNO/c1-6(2)3-9-8(10)4-7(12)5-11-9/h4-6,12H,3H2,1-2H3. The van der Waals surface area contributed by atoms with Gasteiger partial charge in [-0.2, -0.15) is 0 Å². The van der Waals surface area contributed by atoms with E-state index in [2.05, 4.69) is 18.8 Å². The molecule has 0 amide bonds. The van der Waals surface area contributed by atoms with Crippen LogP contribution < -0.4 is 0 Å². The van der Waals surface area contributed by atoms with Gasteiger partial charge in [-0.15, -0.1) is 0 Å². The second-order valence-corrected chi connectivity index (χ2v) is 3.63. The molecule has 0 spiro atoms. The molecule has 0 unspecified atom stereocenters. The molecule has 0 bridgehead atoms. The number of pyridine rings is 1. The Morgan fingerprint density at radius 2 is 2.25 bits per heavy atom. The van der Waals surface area contributed by atoms with E-state index in [1.165, 1.54) is 12.3 Å². The third kappa shape index (κ3) is 2.38. The van der Waals surface area contributed by atoms with Gasteiger partial charge in [0.2, 0.25) is 0 Å². The molecule has 0 aromatic carbocycles. The van der Waals surface area contributed by atoms with Crippen molar-refractivity contribution in [3.63, 3.8) is 0 Å². The smallest absolute Gasteiger partial charge is 0.135 e. The quantitative estimate of drug-likeness (QED) is 0.769. The summed E-state index contributed by atoms with van der Waals surface area (Å²) >= 11 is 5.85. The molecule has 0 radical (unpaired) electrons. The second-order valence-electron chi connectivity index (χ2n) is 3.22. The van der Waals surface area contributed by atoms with Crippen LogP contribution in [0.2, 0.25) is 5.02 Å². The molecule has 3 heteroatoms. The minimum absolute atomic E-state index is 0.118. The monoisotopic (exact) mass is 185 g/mol. The highest BCUT2D eigenvalue weighted by molar-refractivity contribution is 6.31. The van der Waals surface area contributed by atoms with Crippen molar-refractivity contribution in [2.24, 2.45) is 5.92 Å². The molecule has 0 aliphatic rings. The van der Waals surface area contributed by atoms with Gasteiger partial charge in [0.05, 0.1) is 16.9 Å². The van der Waals surface area contributed by atoms with Crippen molar-refractivity contribution in [3.8, 4) is 5.75 Å². The van der Waals surface area contributed by atoms with Crippen LogP contribution in [0.5, 0.6) is 5.75 Å². The van der Waals surface area contributed by atoms with Crippen molar-refractivity contribution in [2.75, 3.05) is 0 Å². The van der Waals surface area contributed by atoms with Gasteiger partial charge < -0.3 is 5.11 Å². The van der Waals surface area contributed by atoms with E-state index in [1.807, 2.05) is 0 Å². The van der Waals surface area contributed by atoms with Gasteiger partial charge in [0.15, 0.2) is 0 Å². The Balaban J connectivity index is 2.86. The van der Waals surface area contributed by atoms with Gasteiger partial charge in [-0.3, -0.25) is 4.98 Å². The van der Waals surface area contributed by atoms with Gasteiger partial charge in [0.25, 0.3) is 0 Å². The lowest BCUT2D eigenvalue weighted by molar-refractivity contribution is 0.471. The van der Waals surface area contributed by atoms with Crippen LogP contribution in [0.15, 0.2) is 12.3 Å². The van der Waals surface area contributed by atoms with Gasteiger partial charge in [0, 0.05) is 6.07 Å². The molecule has 0 fully saturated rings. The Labute approximate surface area is 77.2 Å². The summed E-state index contributed by atoms with van der Waals surface area (Å²) in [6.07, 6.45) is 2.27. The lowest BCUT2D eigenvalue weighted by Gasteiger charge is -2.05. The van der Waals surface area contributed by atoms with Gasteiger partial charge in [0.1, 0.15) is 5.75 Å². The molecule has 12 heavy (non-hydrogen) atoms. The summed E-state index contributed by atoms with van der Waals surface area (Å²) < 4.78 is 0. The summed E-state index contributed by atoms with van der Waals surface area (Å²) in [6.45, 7) is 4.20. The normalized spacial score (nSPS) is 10.7. The van der Waals surface area contributed by atoms with Gasteiger partial charge in [-0.1, -0.05) is 25.4 Å². The molecular formula is C9H12ClNO. The maximum absolute atomic E-state index is 9.02. The zero-order chi connectivity index (χ0) is 9.14. The summed E-state index contributed by atoms with van der Waals surface area (Å²) in [5.74, 6) is 0.645. The highest BCUT2D eigenvalue weighted by atomic mass is 35.5. The fourth-order valence-corrected chi connectivity index (χ4v) is 1.23. The summed E-state index contributed by atoms with van der Waals surface area (Å²) in [5, 5.41) is 9.57. The Kier molecular flexibility index (Phi) is 2.93. The molecule has 0 saturated carbocycles. The summed E-state index contributed by atoms with van der Waals surface area (Å²) in [4.78, 5) is 4.04. The zero-order valence-corrected chi connectivity index (χ0v) is 7.97. The Bertz CT molecular complexity index is 273. The van der Waals surface area contributed by atoms with Crippen molar-refractivity contribution in [2.45, 2.75) is 20.3 Å². The number of hydrogen-bond acceptors (Lipinski definition) is 2. The number of hydrogen-bond donors (Lipinski definition) is 1. The van der Waals surface area contributed by atoms with Gasteiger partial charge in [-0.25, -0.2) is 0 Å². The molecule has 0 aliphatic carbocycles. The topological polar surface area (TPSA) is 33.1 Å². The molecule has 1 aromatic rings. The Morgan fingerprint density at radius 3 is 2.75 bits per heavy atom. The Hall–Kier alpha value is -0.760. The first kappa shape index (κ1) is 9.33. The molecule has 66 valence electrons. The number of aromatic nitrogens is 1. The minimum Gasteiger partial charge on any atom is -0.506 e. The highest BCUT2D eigenvalue weighted by Gasteiger charge is 2.04. The van der Waals surface area contributed by atoms with Crippen molar-refractivity contribution in [1.29, 1.82) is 0 Å². The van der Waals surface area contributed by atoms with Crippen LogP contribution in [0.4, 0.5) is 0 Å². The first-order valence-corrected chi connectivity index (χ1v) is 4.30. The van der Waals surface area contributed by atoms with E-state index in [0.29, 0.717) is 10.9 Å². The molecule has 1 N–H and O–H groups in total. The van der Waals surface area contributed by atoms with Crippen LogP contribution >= 0.6 is 11.6 Å². The minimum atomic E-state index is 0.118. The summed E-state index contributed by atoms with van der Waals surface area (Å²) in [6, 6.07) is 1.52. The SMILES string of the molecule is CC(C)Cc1ncc(O)cc1Cl. The molecule has 1 aromatic heterocycles. The van der Waals surface area contributed by atoms with Crippen molar-refractivity contribution in [3.05, 3.63) is 23.0 Å². The first-order chi connectivity index (χ1) is 5.59. The van der Waals surface area contributed by atoms with Crippen LogP contribution in [0.25, 0.3) is 0 Å². The van der Waals surface area contributed by atoms with Crippen molar-refractivity contribution < 1.29 is 5.11 Å². The van der Waals surface area contributed by atoms with Crippen LogP contribution in [0.1, 0.15) is 19.5 Å². The van der Waals surface area contributed by atoms with E-state index in [-0.39, 0.29) is 5.75 Å². The molecular weight excluding hydrogens is 174 g/mol. The highest BCUT2D eigenvalue weighted by Crippen LogP contribution is 2.20. The van der Waals surface area contributed by atoms with E-state index in [9.17, 15) is 0 Å². The van der Waals surface area contributed by atoms with Crippen LogP contribution in [-0.2, 0) is 6.42 Å². The fourth-order valence-electron chi connectivity index (χ4n) is 0.993. The van der Waals surface area contributed by atoms with E-state index < -0.39 is 0 Å². The summed E-state index contributed by atoms with van der Waals surface area (Å²) in [5.41, 5.74) is 0.851. The van der Waals surface area contributed by atoms with Gasteiger partial charge >= 0.3 is 0 Å². The predicted octanol–water partition coefficient (Wildman–Crippen LogP) is 2.64. The zero-order valence-electron chi connectivity index (χ0n) is 7.21. The van der Waals surface area contributed by atoms with Crippen molar-refractivity contribution >= 4 is 11.6 Å². The van der Waals surface area contributed by atoms with E-state index >= 15 is 0 Å². The first-order valence-electron chi connectivity index (χ1n) is 3.93. The molecule has 1 heterocycles. The third-order valence-electron chi connectivity index (χ3n) is 1.50. The van der Waals surface area contributed by atoms with Crippen LogP contribution in [-0.4, -0.2) is 10.1 Å². The van der Waals surface area contributed by atoms with E-state index in [1.54, 1.807) is 0 Å². The number of halogens is 1. The maximum atomic E-state index is 9.02. The largest absolute Gasteiger partial charge is 0.506 e. The molecule has 2 nitrogen and oxygen atoms in total. The second kappa shape index (κ2) is 3.76. The number of nitrogens with zero attached hydrogens (tertiary/aromatic N) is 1. The average Bonchev–Trinajstić information content (AvgIpc) is 1.94. The average molecular weight is 186 g/mol. The van der Waals surface area contributed by atoms with Crippen molar-refractivity contribution in [1.82, 2.24) is 4.98 Å². The van der Waals surface area contributed by atoms with E-state index in [4.69, 9.17) is 16.7 Å². The maximum Gasteiger partial charge on any atom is 0.135 e. The molecule has 0 saturated heterocycles. The molecule has 0 atom stereocenters. The van der Waals surface area contributed by atoms with Crippen LogP contribution in [0, 0.1) is 5.92 Å².